The summed E-state index contributed by atoms with van der Waals surface area (Å²) >= 11 is 0. The smallest absolute Gasteiger partial charge is 0.0991 e. The first-order chi connectivity index (χ1) is 8.40. The topological polar surface area (TPSA) is 52.5 Å². The van der Waals surface area contributed by atoms with Crippen molar-refractivity contribution in [3.8, 4) is 6.07 Å². The first-order valence-electron chi connectivity index (χ1n) is 5.23. The van der Waals surface area contributed by atoms with Crippen LogP contribution in [0.5, 0.6) is 0 Å². The first-order valence-corrected chi connectivity index (χ1v) is 5.23. The average molecular weight is 221 g/mol. The molecular formula is C14H11N3. The molecule has 0 radical (unpaired) electrons. The Hall–Kier alpha value is -2.60. The number of benzene rings is 2. The van der Waals surface area contributed by atoms with E-state index in [1.165, 1.54) is 0 Å². The quantitative estimate of drug-likeness (QED) is 0.634. The Bertz CT molecular complexity index is 590. The molecule has 3 rings (SSSR count). The minimum atomic E-state index is 0.715. The molecule has 0 saturated carbocycles. The van der Waals surface area contributed by atoms with E-state index in [9.17, 15) is 0 Å². The number of aromatic nitrogens is 2. The number of nitrogens with zero attached hydrogens (tertiary/aromatic N) is 2. The average Bonchev–Trinajstić information content (AvgIpc) is 2.89. The molecule has 3 aromatic rings. The van der Waals surface area contributed by atoms with Crippen LogP contribution in [0.2, 0.25) is 0 Å². The summed E-state index contributed by atoms with van der Waals surface area (Å²) in [7, 11) is 0. The predicted molar refractivity (Wildman–Crippen MR) is 67.3 cm³/mol. The Morgan fingerprint density at radius 2 is 1.65 bits per heavy atom. The van der Waals surface area contributed by atoms with Gasteiger partial charge >= 0.3 is 0 Å². The molecule has 82 valence electrons. The van der Waals surface area contributed by atoms with Crippen LogP contribution in [-0.2, 0) is 0 Å². The van der Waals surface area contributed by atoms with Crippen LogP contribution in [0.15, 0.2) is 60.9 Å². The Labute approximate surface area is 99.4 Å². The fourth-order valence-corrected chi connectivity index (χ4v) is 1.39. The number of hydrogen-bond donors (Lipinski definition) is 1. The van der Waals surface area contributed by atoms with Gasteiger partial charge < -0.3 is 4.98 Å². The number of imidazole rings is 1. The molecule has 1 N–H and O–H groups in total. The molecule has 0 bridgehead atoms. The van der Waals surface area contributed by atoms with Gasteiger partial charge in [0.1, 0.15) is 0 Å². The SMILES string of the molecule is N#Cc1ccccc1.c1ccc2[nH]cnc2c1. The van der Waals surface area contributed by atoms with Crippen molar-refractivity contribution in [2.75, 3.05) is 0 Å². The van der Waals surface area contributed by atoms with Crippen molar-refractivity contribution in [2.45, 2.75) is 0 Å². The van der Waals surface area contributed by atoms with E-state index >= 15 is 0 Å². The van der Waals surface area contributed by atoms with Crippen LogP contribution >= 0.6 is 0 Å². The van der Waals surface area contributed by atoms with Gasteiger partial charge in [-0.25, -0.2) is 4.98 Å². The maximum atomic E-state index is 8.29. The Morgan fingerprint density at radius 1 is 0.941 bits per heavy atom. The van der Waals surface area contributed by atoms with E-state index in [1.54, 1.807) is 18.5 Å². The summed E-state index contributed by atoms with van der Waals surface area (Å²) in [4.78, 5) is 7.07. The van der Waals surface area contributed by atoms with E-state index in [2.05, 4.69) is 9.97 Å². The van der Waals surface area contributed by atoms with Gasteiger partial charge in [-0.15, -0.1) is 0 Å². The number of nitriles is 1. The Balaban J connectivity index is 0.000000128. The molecule has 0 saturated heterocycles. The van der Waals surface area contributed by atoms with Gasteiger partial charge in [0.05, 0.1) is 29.0 Å². The van der Waals surface area contributed by atoms with Crippen molar-refractivity contribution in [2.24, 2.45) is 0 Å². The summed E-state index contributed by atoms with van der Waals surface area (Å²) < 4.78 is 0. The van der Waals surface area contributed by atoms with E-state index < -0.39 is 0 Å². The molecule has 0 fully saturated rings. The van der Waals surface area contributed by atoms with Gasteiger partial charge in [0.15, 0.2) is 0 Å². The normalized spacial score (nSPS) is 9.12. The minimum absolute atomic E-state index is 0.715. The second-order valence-electron chi connectivity index (χ2n) is 3.40. The van der Waals surface area contributed by atoms with E-state index in [0.29, 0.717) is 5.56 Å². The molecule has 0 aliphatic heterocycles. The Kier molecular flexibility index (Phi) is 3.51. The van der Waals surface area contributed by atoms with Crippen LogP contribution < -0.4 is 0 Å². The largest absolute Gasteiger partial charge is 0.345 e. The summed E-state index contributed by atoms with van der Waals surface area (Å²) in [5.41, 5.74) is 2.84. The van der Waals surface area contributed by atoms with Gasteiger partial charge in [-0.2, -0.15) is 5.26 Å². The van der Waals surface area contributed by atoms with Crippen molar-refractivity contribution in [3.05, 3.63) is 66.5 Å². The van der Waals surface area contributed by atoms with Gasteiger partial charge in [-0.05, 0) is 24.3 Å². The monoisotopic (exact) mass is 221 g/mol. The molecular weight excluding hydrogens is 210 g/mol. The number of nitrogens with one attached hydrogen (secondary N) is 1. The summed E-state index contributed by atoms with van der Waals surface area (Å²) in [6.45, 7) is 0. The molecule has 0 amide bonds. The van der Waals surface area contributed by atoms with E-state index in [-0.39, 0.29) is 0 Å². The highest BCUT2D eigenvalue weighted by Crippen LogP contribution is 2.05. The van der Waals surface area contributed by atoms with Crippen LogP contribution in [0.3, 0.4) is 0 Å². The maximum Gasteiger partial charge on any atom is 0.0991 e. The highest BCUT2D eigenvalue weighted by Gasteiger charge is 1.88. The third-order valence-electron chi connectivity index (χ3n) is 2.23. The molecule has 1 heterocycles. The summed E-state index contributed by atoms with van der Waals surface area (Å²) in [6.07, 6.45) is 1.70. The van der Waals surface area contributed by atoms with Crippen molar-refractivity contribution in [1.82, 2.24) is 9.97 Å². The molecule has 0 atom stereocenters. The standard InChI is InChI=1S/C7H6N2.C7H5N/c1-2-4-7-6(3-1)8-5-9-7;8-6-7-4-2-1-3-5-7/h1-5H,(H,8,9);1-5H. The maximum absolute atomic E-state index is 8.29. The van der Waals surface area contributed by atoms with Crippen molar-refractivity contribution < 1.29 is 0 Å². The lowest BCUT2D eigenvalue weighted by molar-refractivity contribution is 1.34. The Morgan fingerprint density at radius 3 is 2.29 bits per heavy atom. The lowest BCUT2D eigenvalue weighted by Crippen LogP contribution is -1.66. The first kappa shape index (κ1) is 10.9. The fraction of sp³-hybridized carbons (Fsp3) is 0. The summed E-state index contributed by atoms with van der Waals surface area (Å²) in [5, 5.41) is 8.29. The highest BCUT2D eigenvalue weighted by molar-refractivity contribution is 5.73. The number of fused-ring (bicyclic) bond motifs is 1. The van der Waals surface area contributed by atoms with Gasteiger partial charge in [0, 0.05) is 0 Å². The number of para-hydroxylation sites is 2. The third kappa shape index (κ3) is 2.93. The lowest BCUT2D eigenvalue weighted by Gasteiger charge is -1.81. The number of hydrogen-bond acceptors (Lipinski definition) is 2. The van der Waals surface area contributed by atoms with Gasteiger partial charge in [-0.3, -0.25) is 0 Å². The molecule has 2 aromatic carbocycles. The molecule has 3 heteroatoms. The number of aromatic amines is 1. The van der Waals surface area contributed by atoms with Gasteiger partial charge in [0.2, 0.25) is 0 Å². The van der Waals surface area contributed by atoms with Crippen LogP contribution in [-0.4, -0.2) is 9.97 Å². The summed E-state index contributed by atoms with van der Waals surface area (Å²) in [6, 6.07) is 19.1. The van der Waals surface area contributed by atoms with Crippen molar-refractivity contribution in [1.29, 1.82) is 5.26 Å². The van der Waals surface area contributed by atoms with Gasteiger partial charge in [0.25, 0.3) is 0 Å². The zero-order chi connectivity index (χ0) is 11.9. The molecule has 0 unspecified atom stereocenters. The predicted octanol–water partition coefficient (Wildman–Crippen LogP) is 3.12. The van der Waals surface area contributed by atoms with E-state index in [4.69, 9.17) is 5.26 Å². The fourth-order valence-electron chi connectivity index (χ4n) is 1.39. The zero-order valence-corrected chi connectivity index (χ0v) is 9.17. The molecule has 0 aliphatic rings. The third-order valence-corrected chi connectivity index (χ3v) is 2.23. The molecule has 0 spiro atoms. The van der Waals surface area contributed by atoms with Crippen LogP contribution in [0.1, 0.15) is 5.56 Å². The molecule has 3 nitrogen and oxygen atoms in total. The molecule has 17 heavy (non-hydrogen) atoms. The lowest BCUT2D eigenvalue weighted by atomic mass is 10.2. The van der Waals surface area contributed by atoms with E-state index in [1.807, 2.05) is 48.5 Å². The minimum Gasteiger partial charge on any atom is -0.345 e. The number of rotatable bonds is 0. The summed E-state index contributed by atoms with van der Waals surface area (Å²) in [5.74, 6) is 0. The number of H-pyrrole nitrogens is 1. The van der Waals surface area contributed by atoms with Crippen LogP contribution in [0.4, 0.5) is 0 Å². The molecule has 0 aliphatic carbocycles. The van der Waals surface area contributed by atoms with Crippen LogP contribution in [0.25, 0.3) is 11.0 Å². The van der Waals surface area contributed by atoms with Crippen LogP contribution in [0, 0.1) is 11.3 Å². The molecule has 1 aromatic heterocycles. The van der Waals surface area contributed by atoms with Crippen molar-refractivity contribution >= 4 is 11.0 Å². The highest BCUT2D eigenvalue weighted by atomic mass is 14.9. The second-order valence-corrected chi connectivity index (χ2v) is 3.40. The van der Waals surface area contributed by atoms with Gasteiger partial charge in [-0.1, -0.05) is 30.3 Å². The van der Waals surface area contributed by atoms with E-state index in [0.717, 1.165) is 11.0 Å². The zero-order valence-electron chi connectivity index (χ0n) is 9.17. The van der Waals surface area contributed by atoms with Crippen molar-refractivity contribution in [3.63, 3.8) is 0 Å². The second kappa shape index (κ2) is 5.47.